The summed E-state index contributed by atoms with van der Waals surface area (Å²) in [6.45, 7) is 3.44. The fourth-order valence-corrected chi connectivity index (χ4v) is 2.84. The number of para-hydroxylation sites is 3. The lowest BCUT2D eigenvalue weighted by Crippen LogP contribution is -2.43. The van der Waals surface area contributed by atoms with Crippen molar-refractivity contribution in [1.29, 1.82) is 0 Å². The van der Waals surface area contributed by atoms with Crippen LogP contribution in [0, 0.1) is 0 Å². The van der Waals surface area contributed by atoms with E-state index in [1.807, 2.05) is 55.5 Å². The Bertz CT molecular complexity index is 787. The number of hydrogen-bond donors (Lipinski definition) is 0. The van der Waals surface area contributed by atoms with Gasteiger partial charge in [0, 0.05) is 18.2 Å². The molecule has 1 heterocycles. The molecule has 0 radical (unpaired) electrons. The Hall–Kier alpha value is -2.95. The van der Waals surface area contributed by atoms with Gasteiger partial charge >= 0.3 is 0 Å². The molecule has 0 saturated heterocycles. The molecule has 1 amide bonds. The van der Waals surface area contributed by atoms with Crippen LogP contribution >= 0.6 is 0 Å². The average molecular weight is 353 g/mol. The van der Waals surface area contributed by atoms with Crippen molar-refractivity contribution in [3.05, 3.63) is 60.2 Å². The van der Waals surface area contributed by atoms with Crippen molar-refractivity contribution in [2.45, 2.75) is 13.0 Å². The molecule has 0 aliphatic carbocycles. The molecule has 26 heavy (non-hydrogen) atoms. The van der Waals surface area contributed by atoms with E-state index in [4.69, 9.17) is 14.2 Å². The van der Waals surface area contributed by atoms with Crippen LogP contribution in [0.1, 0.15) is 12.5 Å². The standard InChI is InChI=1S/C21H23NO4/c1-3-22(14-17-15-25-19-10-6-7-11-20(19)26-17)21(23)13-12-16-8-4-5-9-18(16)24-2/h4-13,17H,3,14-15H2,1-2H3/b13-12+. The molecule has 0 N–H and O–H groups in total. The topological polar surface area (TPSA) is 48.0 Å². The zero-order chi connectivity index (χ0) is 18.4. The van der Waals surface area contributed by atoms with E-state index in [0.717, 1.165) is 22.8 Å². The minimum atomic E-state index is -0.187. The first-order valence-electron chi connectivity index (χ1n) is 8.69. The average Bonchev–Trinajstić information content (AvgIpc) is 2.70. The normalized spacial score (nSPS) is 15.7. The smallest absolute Gasteiger partial charge is 0.246 e. The summed E-state index contributed by atoms with van der Waals surface area (Å²) in [6, 6.07) is 15.2. The van der Waals surface area contributed by atoms with Crippen molar-refractivity contribution >= 4 is 12.0 Å². The summed E-state index contributed by atoms with van der Waals surface area (Å²) < 4.78 is 17.0. The second-order valence-corrected chi connectivity index (χ2v) is 5.95. The number of nitrogens with zero attached hydrogens (tertiary/aromatic N) is 1. The second kappa shape index (κ2) is 8.43. The van der Waals surface area contributed by atoms with Gasteiger partial charge in [0.15, 0.2) is 17.6 Å². The molecule has 1 aliphatic rings. The summed E-state index contributed by atoms with van der Waals surface area (Å²) in [5.74, 6) is 2.13. The van der Waals surface area contributed by atoms with Gasteiger partial charge in [-0.3, -0.25) is 4.79 Å². The first-order valence-corrected chi connectivity index (χ1v) is 8.69. The summed E-state index contributed by atoms with van der Waals surface area (Å²) >= 11 is 0. The number of ether oxygens (including phenoxy) is 3. The van der Waals surface area contributed by atoms with Crippen molar-refractivity contribution in [2.24, 2.45) is 0 Å². The van der Waals surface area contributed by atoms with Gasteiger partial charge in [0.25, 0.3) is 0 Å². The number of benzene rings is 2. The molecule has 0 saturated carbocycles. The molecule has 3 rings (SSSR count). The van der Waals surface area contributed by atoms with Crippen LogP contribution in [0.2, 0.25) is 0 Å². The van der Waals surface area contributed by atoms with Crippen LogP contribution in [0.25, 0.3) is 6.08 Å². The van der Waals surface area contributed by atoms with Crippen LogP contribution in [-0.4, -0.2) is 43.7 Å². The molecule has 5 nitrogen and oxygen atoms in total. The molecule has 0 spiro atoms. The Labute approximate surface area is 153 Å². The number of methoxy groups -OCH3 is 1. The van der Waals surface area contributed by atoms with Crippen molar-refractivity contribution in [3.63, 3.8) is 0 Å². The summed E-state index contributed by atoms with van der Waals surface area (Å²) in [4.78, 5) is 14.3. The maximum absolute atomic E-state index is 12.6. The van der Waals surface area contributed by atoms with E-state index in [2.05, 4.69) is 0 Å². The van der Waals surface area contributed by atoms with E-state index in [-0.39, 0.29) is 12.0 Å². The van der Waals surface area contributed by atoms with Gasteiger partial charge < -0.3 is 19.1 Å². The van der Waals surface area contributed by atoms with Crippen LogP contribution in [-0.2, 0) is 4.79 Å². The number of carbonyl (C=O) groups is 1. The monoisotopic (exact) mass is 353 g/mol. The zero-order valence-corrected chi connectivity index (χ0v) is 15.1. The summed E-state index contributed by atoms with van der Waals surface area (Å²) in [5.41, 5.74) is 0.866. The predicted molar refractivity (Wildman–Crippen MR) is 101 cm³/mol. The highest BCUT2D eigenvalue weighted by Gasteiger charge is 2.24. The number of likely N-dealkylation sites (N-methyl/N-ethyl adjacent to an activating group) is 1. The molecular weight excluding hydrogens is 330 g/mol. The molecular formula is C21H23NO4. The predicted octanol–water partition coefficient (Wildman–Crippen LogP) is 3.40. The first kappa shape index (κ1) is 17.9. The molecule has 0 bridgehead atoms. The van der Waals surface area contributed by atoms with E-state index in [9.17, 15) is 4.79 Å². The fourth-order valence-electron chi connectivity index (χ4n) is 2.84. The summed E-state index contributed by atoms with van der Waals surface area (Å²) in [6.07, 6.45) is 3.16. The summed E-state index contributed by atoms with van der Waals surface area (Å²) in [5, 5.41) is 0. The van der Waals surface area contributed by atoms with Crippen molar-refractivity contribution in [2.75, 3.05) is 26.8 Å². The third-order valence-electron chi connectivity index (χ3n) is 4.23. The molecule has 2 aromatic carbocycles. The second-order valence-electron chi connectivity index (χ2n) is 5.95. The van der Waals surface area contributed by atoms with Crippen LogP contribution in [0.15, 0.2) is 54.6 Å². The molecule has 5 heteroatoms. The zero-order valence-electron chi connectivity index (χ0n) is 15.1. The quantitative estimate of drug-likeness (QED) is 0.747. The lowest BCUT2D eigenvalue weighted by Gasteiger charge is -2.30. The fraction of sp³-hybridized carbons (Fsp3) is 0.286. The summed E-state index contributed by atoms with van der Waals surface area (Å²) in [7, 11) is 1.62. The van der Waals surface area contributed by atoms with Gasteiger partial charge in [0.05, 0.1) is 13.7 Å². The van der Waals surface area contributed by atoms with E-state index >= 15 is 0 Å². The maximum atomic E-state index is 12.6. The Morgan fingerprint density at radius 1 is 1.19 bits per heavy atom. The highest BCUT2D eigenvalue weighted by molar-refractivity contribution is 5.92. The van der Waals surface area contributed by atoms with E-state index in [1.165, 1.54) is 0 Å². The Balaban J connectivity index is 1.63. The van der Waals surface area contributed by atoms with Crippen LogP contribution in [0.3, 0.4) is 0 Å². The largest absolute Gasteiger partial charge is 0.496 e. The van der Waals surface area contributed by atoms with Gasteiger partial charge in [-0.1, -0.05) is 30.3 Å². The van der Waals surface area contributed by atoms with Crippen LogP contribution in [0.5, 0.6) is 17.2 Å². The highest BCUT2D eigenvalue weighted by atomic mass is 16.6. The molecule has 0 fully saturated rings. The Kier molecular flexibility index (Phi) is 5.79. The van der Waals surface area contributed by atoms with Crippen molar-refractivity contribution in [3.8, 4) is 17.2 Å². The molecule has 2 aromatic rings. The highest BCUT2D eigenvalue weighted by Crippen LogP contribution is 2.31. The third-order valence-corrected chi connectivity index (χ3v) is 4.23. The third kappa shape index (κ3) is 4.17. The van der Waals surface area contributed by atoms with E-state index < -0.39 is 0 Å². The number of fused-ring (bicyclic) bond motifs is 1. The van der Waals surface area contributed by atoms with Crippen LogP contribution < -0.4 is 14.2 Å². The lowest BCUT2D eigenvalue weighted by molar-refractivity contribution is -0.127. The van der Waals surface area contributed by atoms with Gasteiger partial charge in [0.2, 0.25) is 5.91 Å². The number of rotatable bonds is 6. The molecule has 1 unspecified atom stereocenters. The molecule has 136 valence electrons. The van der Waals surface area contributed by atoms with Gasteiger partial charge in [-0.05, 0) is 31.2 Å². The SMILES string of the molecule is CCN(CC1COc2ccccc2O1)C(=O)/C=C/c1ccccc1OC. The lowest BCUT2D eigenvalue weighted by atomic mass is 10.2. The van der Waals surface area contributed by atoms with Gasteiger partial charge in [-0.25, -0.2) is 0 Å². The minimum absolute atomic E-state index is 0.0686. The minimum Gasteiger partial charge on any atom is -0.496 e. The maximum Gasteiger partial charge on any atom is 0.246 e. The molecule has 1 aliphatic heterocycles. The Morgan fingerprint density at radius 3 is 2.69 bits per heavy atom. The molecule has 0 aromatic heterocycles. The number of hydrogen-bond acceptors (Lipinski definition) is 4. The van der Waals surface area contributed by atoms with E-state index in [0.29, 0.717) is 19.7 Å². The number of carbonyl (C=O) groups excluding carboxylic acids is 1. The number of amides is 1. The Morgan fingerprint density at radius 2 is 1.92 bits per heavy atom. The van der Waals surface area contributed by atoms with Crippen molar-refractivity contribution in [1.82, 2.24) is 4.90 Å². The van der Waals surface area contributed by atoms with Crippen LogP contribution in [0.4, 0.5) is 0 Å². The van der Waals surface area contributed by atoms with Gasteiger partial charge in [-0.2, -0.15) is 0 Å². The molecule has 1 atom stereocenters. The van der Waals surface area contributed by atoms with E-state index in [1.54, 1.807) is 24.2 Å². The van der Waals surface area contributed by atoms with Gasteiger partial charge in [0.1, 0.15) is 12.4 Å². The van der Waals surface area contributed by atoms with Crippen molar-refractivity contribution < 1.29 is 19.0 Å². The first-order chi connectivity index (χ1) is 12.7. The van der Waals surface area contributed by atoms with Gasteiger partial charge in [-0.15, -0.1) is 0 Å².